The zero-order valence-electron chi connectivity index (χ0n) is 15.6. The maximum atomic E-state index is 4.69. The highest BCUT2D eigenvalue weighted by atomic mass is 15.2. The number of rotatable bonds is 7. The predicted molar refractivity (Wildman–Crippen MR) is 103 cm³/mol. The highest BCUT2D eigenvalue weighted by Gasteiger charge is 2.25. The van der Waals surface area contributed by atoms with Crippen LogP contribution in [0.5, 0.6) is 0 Å². The zero-order valence-corrected chi connectivity index (χ0v) is 15.6. The molecule has 0 saturated carbocycles. The third-order valence-electron chi connectivity index (χ3n) is 4.71. The minimum atomic E-state index is 0.520. The van der Waals surface area contributed by atoms with E-state index in [9.17, 15) is 0 Å². The van der Waals surface area contributed by atoms with Crippen molar-refractivity contribution in [3.63, 3.8) is 0 Å². The molecule has 1 aliphatic heterocycles. The van der Waals surface area contributed by atoms with Gasteiger partial charge in [0, 0.05) is 38.3 Å². The molecule has 1 saturated heterocycles. The molecule has 1 heterocycles. The van der Waals surface area contributed by atoms with Gasteiger partial charge in [-0.2, -0.15) is 0 Å². The van der Waals surface area contributed by atoms with Crippen LogP contribution in [0.3, 0.4) is 0 Å². The van der Waals surface area contributed by atoms with E-state index in [-0.39, 0.29) is 0 Å². The Hall–Kier alpha value is -1.55. The molecule has 2 atom stereocenters. The van der Waals surface area contributed by atoms with Crippen LogP contribution in [0.15, 0.2) is 35.3 Å². The van der Waals surface area contributed by atoms with Crippen molar-refractivity contribution < 1.29 is 0 Å². The molecule has 2 unspecified atom stereocenters. The summed E-state index contributed by atoms with van der Waals surface area (Å²) in [6.07, 6.45) is 4.70. The lowest BCUT2D eigenvalue weighted by molar-refractivity contribution is 0.134. The first-order chi connectivity index (χ1) is 11.7. The standard InChI is InChI=1S/C20H34N4/c1-4-6-13-22-20(21-5-2)23-19-12-14-24(17(3)15-19)16-18-10-8-7-9-11-18/h7-11,17,19H,4-6,12-16H2,1-3H3,(H2,21,22,23). The Balaban J connectivity index is 1.83. The van der Waals surface area contributed by atoms with Crippen molar-refractivity contribution in [1.82, 2.24) is 15.5 Å². The van der Waals surface area contributed by atoms with Gasteiger partial charge in [0.2, 0.25) is 0 Å². The van der Waals surface area contributed by atoms with Crippen molar-refractivity contribution in [1.29, 1.82) is 0 Å². The van der Waals surface area contributed by atoms with Crippen LogP contribution in [0, 0.1) is 0 Å². The molecule has 1 aromatic rings. The minimum absolute atomic E-state index is 0.520. The van der Waals surface area contributed by atoms with Gasteiger partial charge < -0.3 is 10.6 Å². The summed E-state index contributed by atoms with van der Waals surface area (Å²) in [4.78, 5) is 7.28. The molecule has 1 aliphatic rings. The van der Waals surface area contributed by atoms with Gasteiger partial charge in [0.05, 0.1) is 0 Å². The molecule has 2 N–H and O–H groups in total. The molecular formula is C20H34N4. The highest BCUT2D eigenvalue weighted by Crippen LogP contribution is 2.19. The van der Waals surface area contributed by atoms with Gasteiger partial charge in [0.15, 0.2) is 5.96 Å². The molecule has 0 bridgehead atoms. The number of nitrogens with zero attached hydrogens (tertiary/aromatic N) is 2. The molecule has 4 heteroatoms. The molecule has 0 amide bonds. The summed E-state index contributed by atoms with van der Waals surface area (Å²) in [5.74, 6) is 0.986. The van der Waals surface area contributed by atoms with Crippen LogP contribution in [0.2, 0.25) is 0 Å². The van der Waals surface area contributed by atoms with Crippen molar-refractivity contribution in [2.45, 2.75) is 65.1 Å². The Morgan fingerprint density at radius 2 is 2.04 bits per heavy atom. The molecule has 24 heavy (non-hydrogen) atoms. The van der Waals surface area contributed by atoms with Crippen molar-refractivity contribution in [3.8, 4) is 0 Å². The van der Waals surface area contributed by atoms with Crippen LogP contribution in [0.25, 0.3) is 0 Å². The number of hydrogen-bond acceptors (Lipinski definition) is 2. The first-order valence-corrected chi connectivity index (χ1v) is 9.55. The quantitative estimate of drug-likeness (QED) is 0.457. The Labute approximate surface area is 147 Å². The SMILES string of the molecule is CCCCN=C(NCC)NC1CCN(Cc2ccccc2)C(C)C1. The highest BCUT2D eigenvalue weighted by molar-refractivity contribution is 5.80. The van der Waals surface area contributed by atoms with Gasteiger partial charge in [-0.25, -0.2) is 0 Å². The van der Waals surface area contributed by atoms with E-state index in [1.54, 1.807) is 0 Å². The van der Waals surface area contributed by atoms with Crippen molar-refractivity contribution in [3.05, 3.63) is 35.9 Å². The molecule has 1 fully saturated rings. The van der Waals surface area contributed by atoms with E-state index >= 15 is 0 Å². The Bertz CT molecular complexity index is 486. The molecule has 2 rings (SSSR count). The van der Waals surface area contributed by atoms with Crippen LogP contribution in [0.1, 0.15) is 52.0 Å². The number of benzene rings is 1. The fourth-order valence-corrected chi connectivity index (χ4v) is 3.27. The lowest BCUT2D eigenvalue weighted by Gasteiger charge is -2.38. The van der Waals surface area contributed by atoms with E-state index in [1.165, 1.54) is 24.8 Å². The van der Waals surface area contributed by atoms with E-state index in [4.69, 9.17) is 0 Å². The molecule has 0 aromatic heterocycles. The molecule has 0 spiro atoms. The van der Waals surface area contributed by atoms with E-state index in [1.807, 2.05) is 0 Å². The second kappa shape index (κ2) is 10.3. The van der Waals surface area contributed by atoms with Gasteiger partial charge in [-0.1, -0.05) is 43.7 Å². The lowest BCUT2D eigenvalue weighted by Crippen LogP contribution is -2.51. The molecule has 4 nitrogen and oxygen atoms in total. The second-order valence-electron chi connectivity index (χ2n) is 6.78. The summed E-state index contributed by atoms with van der Waals surface area (Å²) in [6, 6.07) is 11.9. The summed E-state index contributed by atoms with van der Waals surface area (Å²) in [6.45, 7) is 10.7. The number of unbranched alkanes of at least 4 members (excludes halogenated alkanes) is 1. The molecule has 0 radical (unpaired) electrons. The number of hydrogen-bond donors (Lipinski definition) is 2. The second-order valence-corrected chi connectivity index (χ2v) is 6.78. The van der Waals surface area contributed by atoms with Crippen LogP contribution in [-0.4, -0.2) is 42.6 Å². The van der Waals surface area contributed by atoms with Gasteiger partial charge in [-0.3, -0.25) is 9.89 Å². The van der Waals surface area contributed by atoms with E-state index < -0.39 is 0 Å². The van der Waals surface area contributed by atoms with Gasteiger partial charge in [-0.05, 0) is 38.7 Å². The largest absolute Gasteiger partial charge is 0.357 e. The number of piperidine rings is 1. The van der Waals surface area contributed by atoms with Crippen molar-refractivity contribution in [2.75, 3.05) is 19.6 Å². The van der Waals surface area contributed by atoms with Gasteiger partial charge >= 0.3 is 0 Å². The monoisotopic (exact) mass is 330 g/mol. The van der Waals surface area contributed by atoms with E-state index in [0.29, 0.717) is 12.1 Å². The predicted octanol–water partition coefficient (Wildman–Crippen LogP) is 3.39. The fraction of sp³-hybridized carbons (Fsp3) is 0.650. The normalized spacial score (nSPS) is 22.4. The fourth-order valence-electron chi connectivity index (χ4n) is 3.27. The van der Waals surface area contributed by atoms with Crippen LogP contribution in [0.4, 0.5) is 0 Å². The number of nitrogens with one attached hydrogen (secondary N) is 2. The number of guanidine groups is 1. The molecular weight excluding hydrogens is 296 g/mol. The van der Waals surface area contributed by atoms with Crippen molar-refractivity contribution in [2.24, 2.45) is 4.99 Å². The van der Waals surface area contributed by atoms with Gasteiger partial charge in [-0.15, -0.1) is 0 Å². The average molecular weight is 331 g/mol. The number of aliphatic imine (C=N–C) groups is 1. The lowest BCUT2D eigenvalue weighted by atomic mass is 9.97. The first kappa shape index (κ1) is 18.8. The van der Waals surface area contributed by atoms with Crippen LogP contribution in [-0.2, 0) is 6.54 Å². The van der Waals surface area contributed by atoms with Crippen LogP contribution >= 0.6 is 0 Å². The molecule has 1 aromatic carbocycles. The summed E-state index contributed by atoms with van der Waals surface area (Å²) >= 11 is 0. The summed E-state index contributed by atoms with van der Waals surface area (Å²) < 4.78 is 0. The van der Waals surface area contributed by atoms with Gasteiger partial charge in [0.1, 0.15) is 0 Å². The van der Waals surface area contributed by atoms with E-state index in [0.717, 1.165) is 38.6 Å². The van der Waals surface area contributed by atoms with Crippen molar-refractivity contribution >= 4 is 5.96 Å². The Morgan fingerprint density at radius 1 is 1.25 bits per heavy atom. The van der Waals surface area contributed by atoms with E-state index in [2.05, 4.69) is 71.6 Å². The summed E-state index contributed by atoms with van der Waals surface area (Å²) in [5, 5.41) is 7.02. The minimum Gasteiger partial charge on any atom is -0.357 e. The zero-order chi connectivity index (χ0) is 17.2. The maximum Gasteiger partial charge on any atom is 0.191 e. The average Bonchev–Trinajstić information content (AvgIpc) is 2.59. The van der Waals surface area contributed by atoms with Gasteiger partial charge in [0.25, 0.3) is 0 Å². The number of likely N-dealkylation sites (tertiary alicyclic amines) is 1. The van der Waals surface area contributed by atoms with Crippen LogP contribution < -0.4 is 10.6 Å². The summed E-state index contributed by atoms with van der Waals surface area (Å²) in [5.41, 5.74) is 1.41. The Morgan fingerprint density at radius 3 is 2.71 bits per heavy atom. The first-order valence-electron chi connectivity index (χ1n) is 9.55. The Kier molecular flexibility index (Phi) is 8.10. The third kappa shape index (κ3) is 6.16. The maximum absolute atomic E-state index is 4.69. The summed E-state index contributed by atoms with van der Waals surface area (Å²) in [7, 11) is 0. The molecule has 0 aliphatic carbocycles. The topological polar surface area (TPSA) is 39.7 Å². The smallest absolute Gasteiger partial charge is 0.191 e. The third-order valence-corrected chi connectivity index (χ3v) is 4.71. The molecule has 134 valence electrons.